The fourth-order valence-electron chi connectivity index (χ4n) is 5.80. The molecule has 0 amide bonds. The average molecular weight is 594 g/mol. The summed E-state index contributed by atoms with van der Waals surface area (Å²) in [5.74, 6) is 1.17. The van der Waals surface area contributed by atoms with Crippen molar-refractivity contribution in [3.8, 4) is 17.2 Å². The third kappa shape index (κ3) is 8.49. The molecule has 0 spiro atoms. The number of anilines is 1. The summed E-state index contributed by atoms with van der Waals surface area (Å²) in [7, 11) is 0.417. The van der Waals surface area contributed by atoms with Gasteiger partial charge in [-0.1, -0.05) is 84.0 Å². The molecule has 2 aromatic rings. The van der Waals surface area contributed by atoms with Gasteiger partial charge in [0.25, 0.3) is 0 Å². The van der Waals surface area contributed by atoms with Gasteiger partial charge in [0.15, 0.2) is 10.6 Å². The van der Waals surface area contributed by atoms with E-state index in [4.69, 9.17) is 14.2 Å². The van der Waals surface area contributed by atoms with Crippen molar-refractivity contribution in [1.82, 2.24) is 20.2 Å². The van der Waals surface area contributed by atoms with Crippen LogP contribution in [0.2, 0.25) is 0 Å². The van der Waals surface area contributed by atoms with Crippen LogP contribution in [0.4, 0.5) is 5.69 Å². The number of tetrazole rings is 1. The second kappa shape index (κ2) is 16.2. The Bertz CT molecular complexity index is 1140. The van der Waals surface area contributed by atoms with Gasteiger partial charge in [-0.25, -0.2) is 8.42 Å². The predicted octanol–water partition coefficient (Wildman–Crippen LogP) is 6.86. The maximum atomic E-state index is 14.3. The predicted molar refractivity (Wildman–Crippen MR) is 162 cm³/mol. The lowest BCUT2D eigenvalue weighted by atomic mass is 9.80. The maximum absolute atomic E-state index is 14.3. The summed E-state index contributed by atoms with van der Waals surface area (Å²) in [6.07, 6.45) is 17.0. The van der Waals surface area contributed by atoms with Crippen molar-refractivity contribution in [3.05, 3.63) is 18.0 Å². The number of methoxy groups -OCH3 is 3. The molecule has 1 aliphatic rings. The molecule has 0 radical (unpaired) electrons. The summed E-state index contributed by atoms with van der Waals surface area (Å²) < 4.78 is 46.3. The molecule has 0 aliphatic heterocycles. The van der Waals surface area contributed by atoms with Crippen LogP contribution in [-0.4, -0.2) is 50.0 Å². The van der Waals surface area contributed by atoms with E-state index in [2.05, 4.69) is 27.1 Å². The zero-order valence-electron chi connectivity index (χ0n) is 25.8. The number of hydrogen-bond donors (Lipinski definition) is 1. The van der Waals surface area contributed by atoms with Crippen LogP contribution in [0, 0.1) is 5.92 Å². The van der Waals surface area contributed by atoms with Gasteiger partial charge in [-0.3, -0.25) is 4.72 Å². The highest BCUT2D eigenvalue weighted by Crippen LogP contribution is 2.46. The zero-order chi connectivity index (χ0) is 29.7. The molecule has 1 fully saturated rings. The summed E-state index contributed by atoms with van der Waals surface area (Å²) in [4.78, 5) is 1.56. The fourth-order valence-corrected chi connectivity index (χ4v) is 7.48. The molecule has 41 heavy (non-hydrogen) atoms. The lowest BCUT2D eigenvalue weighted by molar-refractivity contribution is 0.273. The van der Waals surface area contributed by atoms with Crippen molar-refractivity contribution in [2.24, 2.45) is 5.92 Å². The minimum Gasteiger partial charge on any atom is -0.496 e. The highest BCUT2D eigenvalue weighted by molar-refractivity contribution is 7.93. The number of nitrogens with one attached hydrogen (secondary N) is 1. The molecule has 1 N–H and O–H groups in total. The SMILES string of the molecule is CCCCCCCCCCCCn1nnc(C(C)(C2CCCCC2)S(=O)(=O)Nc2c(OC)cc(OC)cc2OC)n1. The molecular formula is C30H51N5O5S. The van der Waals surface area contributed by atoms with Gasteiger partial charge in [0, 0.05) is 12.1 Å². The van der Waals surface area contributed by atoms with Crippen LogP contribution in [0.3, 0.4) is 0 Å². The minimum atomic E-state index is -4.07. The van der Waals surface area contributed by atoms with E-state index in [0.717, 1.165) is 44.9 Å². The molecule has 0 bridgehead atoms. The molecule has 11 heteroatoms. The van der Waals surface area contributed by atoms with Gasteiger partial charge in [0.2, 0.25) is 10.0 Å². The molecule has 1 aromatic carbocycles. The minimum absolute atomic E-state index is 0.154. The maximum Gasteiger partial charge on any atom is 0.246 e. The lowest BCUT2D eigenvalue weighted by Gasteiger charge is -2.37. The molecule has 1 unspecified atom stereocenters. The smallest absolute Gasteiger partial charge is 0.246 e. The van der Waals surface area contributed by atoms with Crippen molar-refractivity contribution in [3.63, 3.8) is 0 Å². The lowest BCUT2D eigenvalue weighted by Crippen LogP contribution is -2.45. The van der Waals surface area contributed by atoms with E-state index >= 15 is 0 Å². The van der Waals surface area contributed by atoms with Crippen LogP contribution >= 0.6 is 0 Å². The van der Waals surface area contributed by atoms with Gasteiger partial charge in [0.05, 0.1) is 27.9 Å². The third-order valence-electron chi connectivity index (χ3n) is 8.50. The number of rotatable bonds is 19. The summed E-state index contributed by atoms with van der Waals surface area (Å²) in [6.45, 7) is 4.60. The Balaban J connectivity index is 1.74. The first-order valence-electron chi connectivity index (χ1n) is 15.4. The first kappa shape index (κ1) is 32.9. The Morgan fingerprint density at radius 1 is 0.878 bits per heavy atom. The number of aryl methyl sites for hydroxylation is 1. The first-order chi connectivity index (χ1) is 19.8. The molecule has 232 valence electrons. The molecule has 1 aliphatic carbocycles. The van der Waals surface area contributed by atoms with Crippen molar-refractivity contribution >= 4 is 15.7 Å². The Morgan fingerprint density at radius 2 is 1.44 bits per heavy atom. The van der Waals surface area contributed by atoms with Gasteiger partial charge in [0.1, 0.15) is 22.9 Å². The molecule has 1 aromatic heterocycles. The summed E-state index contributed by atoms with van der Waals surface area (Å²) in [5.41, 5.74) is 0.218. The summed E-state index contributed by atoms with van der Waals surface area (Å²) in [6, 6.07) is 3.25. The number of aromatic nitrogens is 4. The number of sulfonamides is 1. The molecule has 10 nitrogen and oxygen atoms in total. The van der Waals surface area contributed by atoms with E-state index in [1.54, 1.807) is 23.9 Å². The molecule has 1 saturated carbocycles. The molecule has 1 atom stereocenters. The van der Waals surface area contributed by atoms with Crippen molar-refractivity contribution < 1.29 is 22.6 Å². The topological polar surface area (TPSA) is 117 Å². The normalized spacial score (nSPS) is 15.8. The van der Waals surface area contributed by atoms with Crippen LogP contribution in [0.25, 0.3) is 0 Å². The van der Waals surface area contributed by atoms with E-state index < -0.39 is 14.8 Å². The Kier molecular flexibility index (Phi) is 13.0. The van der Waals surface area contributed by atoms with Crippen LogP contribution in [0.1, 0.15) is 116 Å². The van der Waals surface area contributed by atoms with Crippen LogP contribution < -0.4 is 18.9 Å². The van der Waals surface area contributed by atoms with E-state index in [0.29, 0.717) is 23.8 Å². The number of benzene rings is 1. The van der Waals surface area contributed by atoms with E-state index in [-0.39, 0.29) is 17.4 Å². The monoisotopic (exact) mass is 593 g/mol. The number of ether oxygens (including phenoxy) is 3. The summed E-state index contributed by atoms with van der Waals surface area (Å²) in [5, 5.41) is 13.3. The highest BCUT2D eigenvalue weighted by Gasteiger charge is 2.52. The van der Waals surface area contributed by atoms with Crippen molar-refractivity contribution in [1.29, 1.82) is 0 Å². The van der Waals surface area contributed by atoms with Gasteiger partial charge < -0.3 is 14.2 Å². The zero-order valence-corrected chi connectivity index (χ0v) is 26.6. The average Bonchev–Trinajstić information content (AvgIpc) is 3.47. The van der Waals surface area contributed by atoms with Gasteiger partial charge in [-0.15, -0.1) is 10.2 Å². The van der Waals surface area contributed by atoms with Gasteiger partial charge >= 0.3 is 0 Å². The molecular weight excluding hydrogens is 542 g/mol. The number of hydrogen-bond acceptors (Lipinski definition) is 8. The number of unbranched alkanes of at least 4 members (excludes halogenated alkanes) is 9. The molecule has 3 rings (SSSR count). The van der Waals surface area contributed by atoms with E-state index in [1.165, 1.54) is 72.7 Å². The quantitative estimate of drug-likeness (QED) is 0.176. The van der Waals surface area contributed by atoms with Crippen LogP contribution in [0.5, 0.6) is 17.2 Å². The fraction of sp³-hybridized carbons (Fsp3) is 0.767. The van der Waals surface area contributed by atoms with Crippen LogP contribution in [-0.2, 0) is 21.3 Å². The standard InChI is InChI=1S/C30H51N5O5S/c1-6-7-8-9-10-11-12-13-14-18-21-35-32-29(31-34-35)30(2,24-19-16-15-17-20-24)41(36,37)33-28-26(39-4)22-25(38-3)23-27(28)40-5/h22-24,33H,6-21H2,1-5H3. The Labute approximate surface area is 247 Å². The summed E-state index contributed by atoms with van der Waals surface area (Å²) >= 11 is 0. The molecule has 0 saturated heterocycles. The second-order valence-electron chi connectivity index (χ2n) is 11.3. The Hall–Kier alpha value is -2.56. The largest absolute Gasteiger partial charge is 0.496 e. The number of nitrogens with zero attached hydrogens (tertiary/aromatic N) is 4. The van der Waals surface area contributed by atoms with Crippen LogP contribution in [0.15, 0.2) is 12.1 Å². The Morgan fingerprint density at radius 3 is 1.98 bits per heavy atom. The van der Waals surface area contributed by atoms with E-state index in [1.807, 2.05) is 0 Å². The van der Waals surface area contributed by atoms with Crippen molar-refractivity contribution in [2.75, 3.05) is 26.1 Å². The van der Waals surface area contributed by atoms with Gasteiger partial charge in [-0.2, -0.15) is 4.80 Å². The first-order valence-corrected chi connectivity index (χ1v) is 16.9. The second-order valence-corrected chi connectivity index (χ2v) is 13.4. The third-order valence-corrected chi connectivity index (χ3v) is 10.6. The van der Waals surface area contributed by atoms with Crippen molar-refractivity contribution in [2.45, 2.75) is 121 Å². The van der Waals surface area contributed by atoms with Gasteiger partial charge in [-0.05, 0) is 37.3 Å². The molecule has 1 heterocycles. The van der Waals surface area contributed by atoms with E-state index in [9.17, 15) is 8.42 Å². The highest BCUT2D eigenvalue weighted by atomic mass is 32.2.